The maximum absolute atomic E-state index is 13.2. The second-order valence-electron chi connectivity index (χ2n) is 5.99. The molecule has 2 heterocycles. The Kier molecular flexibility index (Phi) is 5.42. The van der Waals surface area contributed by atoms with Crippen LogP contribution in [0.5, 0.6) is 0 Å². The second-order valence-corrected chi connectivity index (χ2v) is 8.96. The molecule has 1 aromatic carbocycles. The van der Waals surface area contributed by atoms with Gasteiger partial charge in [-0.1, -0.05) is 12.1 Å². The first-order chi connectivity index (χ1) is 12.0. The first-order valence-corrected chi connectivity index (χ1v) is 10.4. The number of rotatable bonds is 7. The van der Waals surface area contributed by atoms with E-state index in [4.69, 9.17) is 4.42 Å². The van der Waals surface area contributed by atoms with Gasteiger partial charge in [0, 0.05) is 11.4 Å². The molecule has 4 nitrogen and oxygen atoms in total. The molecule has 25 heavy (non-hydrogen) atoms. The van der Waals surface area contributed by atoms with Gasteiger partial charge in [-0.05, 0) is 67.1 Å². The molecule has 0 radical (unpaired) electrons. The molecular formula is C19H21NO3S2. The van der Waals surface area contributed by atoms with Crippen LogP contribution >= 0.6 is 11.3 Å². The van der Waals surface area contributed by atoms with Gasteiger partial charge in [0.15, 0.2) is 0 Å². The summed E-state index contributed by atoms with van der Waals surface area (Å²) in [5, 5.41) is 2.00. The summed E-state index contributed by atoms with van der Waals surface area (Å²) >= 11 is 1.64. The summed E-state index contributed by atoms with van der Waals surface area (Å²) in [6.07, 6.45) is 2.25. The Hall–Kier alpha value is -1.89. The van der Waals surface area contributed by atoms with Crippen LogP contribution in [-0.2, 0) is 23.0 Å². The first-order valence-electron chi connectivity index (χ1n) is 8.09. The molecule has 0 unspecified atom stereocenters. The largest absolute Gasteiger partial charge is 0.468 e. The van der Waals surface area contributed by atoms with E-state index in [-0.39, 0.29) is 6.54 Å². The van der Waals surface area contributed by atoms with Gasteiger partial charge in [-0.25, -0.2) is 8.42 Å². The zero-order valence-corrected chi connectivity index (χ0v) is 15.9. The highest BCUT2D eigenvalue weighted by Gasteiger charge is 2.25. The van der Waals surface area contributed by atoms with Crippen molar-refractivity contribution in [2.45, 2.75) is 31.7 Å². The molecule has 0 atom stereocenters. The highest BCUT2D eigenvalue weighted by molar-refractivity contribution is 7.89. The van der Waals surface area contributed by atoms with E-state index in [2.05, 4.69) is 0 Å². The van der Waals surface area contributed by atoms with Crippen LogP contribution < -0.4 is 0 Å². The maximum atomic E-state index is 13.2. The fraction of sp³-hybridized carbons (Fsp3) is 0.263. The van der Waals surface area contributed by atoms with Crippen molar-refractivity contribution in [1.82, 2.24) is 4.31 Å². The van der Waals surface area contributed by atoms with Crippen LogP contribution in [-0.4, -0.2) is 19.3 Å². The molecule has 3 rings (SSSR count). The van der Waals surface area contributed by atoms with Gasteiger partial charge >= 0.3 is 0 Å². The highest BCUT2D eigenvalue weighted by atomic mass is 32.2. The molecule has 0 N–H and O–H groups in total. The summed E-state index contributed by atoms with van der Waals surface area (Å²) in [4.78, 5) is 1.49. The monoisotopic (exact) mass is 375 g/mol. The van der Waals surface area contributed by atoms with E-state index >= 15 is 0 Å². The quantitative estimate of drug-likeness (QED) is 0.615. The first kappa shape index (κ1) is 17.9. The Labute approximate surface area is 152 Å². The average molecular weight is 376 g/mol. The molecular weight excluding hydrogens is 354 g/mol. The minimum Gasteiger partial charge on any atom is -0.468 e. The minimum atomic E-state index is -3.59. The molecule has 0 aliphatic heterocycles. The topological polar surface area (TPSA) is 50.5 Å². The lowest BCUT2D eigenvalue weighted by Gasteiger charge is -2.21. The standard InChI is InChI=1S/C19H21NO3S2/c1-15-7-8-19(13-16(15)2)25(21,22)20(14-17-5-3-11-23-17)10-9-18-6-4-12-24-18/h3-8,11-13H,9-10,14H2,1-2H3. The van der Waals surface area contributed by atoms with Gasteiger partial charge in [0.25, 0.3) is 0 Å². The predicted octanol–water partition coefficient (Wildman–Crippen LogP) is 4.39. The molecule has 3 aromatic rings. The fourth-order valence-electron chi connectivity index (χ4n) is 2.57. The third kappa shape index (κ3) is 4.21. The van der Waals surface area contributed by atoms with Crippen LogP contribution in [0.15, 0.2) is 63.4 Å². The van der Waals surface area contributed by atoms with Gasteiger partial charge in [0.2, 0.25) is 10.0 Å². The normalized spacial score (nSPS) is 12.0. The minimum absolute atomic E-state index is 0.230. The van der Waals surface area contributed by atoms with Gasteiger partial charge in [-0.2, -0.15) is 4.31 Å². The molecule has 6 heteroatoms. The van der Waals surface area contributed by atoms with Crippen molar-refractivity contribution in [3.8, 4) is 0 Å². The average Bonchev–Trinajstić information content (AvgIpc) is 3.27. The molecule has 0 saturated carbocycles. The molecule has 0 bridgehead atoms. The SMILES string of the molecule is Cc1ccc(S(=O)(=O)N(CCc2cccs2)Cc2ccco2)cc1C. The van der Waals surface area contributed by atoms with Crippen molar-refractivity contribution < 1.29 is 12.8 Å². The van der Waals surface area contributed by atoms with Crippen LogP contribution in [0.4, 0.5) is 0 Å². The molecule has 0 spiro atoms. The van der Waals surface area contributed by atoms with Gasteiger partial charge in [0.1, 0.15) is 5.76 Å². The Morgan fingerprint density at radius 2 is 1.92 bits per heavy atom. The molecule has 0 fully saturated rings. The van der Waals surface area contributed by atoms with E-state index < -0.39 is 10.0 Å². The van der Waals surface area contributed by atoms with E-state index in [0.717, 1.165) is 11.1 Å². The van der Waals surface area contributed by atoms with Gasteiger partial charge in [-0.3, -0.25) is 0 Å². The molecule has 132 valence electrons. The third-order valence-electron chi connectivity index (χ3n) is 4.22. The Morgan fingerprint density at radius 1 is 1.08 bits per heavy atom. The smallest absolute Gasteiger partial charge is 0.243 e. The van der Waals surface area contributed by atoms with Crippen molar-refractivity contribution >= 4 is 21.4 Å². The third-order valence-corrected chi connectivity index (χ3v) is 6.99. The van der Waals surface area contributed by atoms with Crippen LogP contribution in [0, 0.1) is 13.8 Å². The van der Waals surface area contributed by atoms with Crippen molar-refractivity contribution in [1.29, 1.82) is 0 Å². The molecule has 0 amide bonds. The van der Waals surface area contributed by atoms with Crippen LogP contribution in [0.25, 0.3) is 0 Å². The summed E-state index contributed by atoms with van der Waals surface area (Å²) in [6.45, 7) is 4.55. The number of nitrogens with zero attached hydrogens (tertiary/aromatic N) is 1. The zero-order chi connectivity index (χ0) is 17.9. The lowest BCUT2D eigenvalue weighted by atomic mass is 10.1. The number of thiophene rings is 1. The van der Waals surface area contributed by atoms with E-state index in [1.54, 1.807) is 41.9 Å². The molecule has 0 saturated heterocycles. The number of hydrogen-bond donors (Lipinski definition) is 0. The lowest BCUT2D eigenvalue weighted by Crippen LogP contribution is -2.32. The van der Waals surface area contributed by atoms with Crippen molar-refractivity contribution in [2.75, 3.05) is 6.54 Å². The van der Waals surface area contributed by atoms with E-state index in [1.807, 2.05) is 37.4 Å². The summed E-state index contributed by atoms with van der Waals surface area (Å²) in [5.41, 5.74) is 2.05. The lowest BCUT2D eigenvalue weighted by molar-refractivity contribution is 0.366. The summed E-state index contributed by atoms with van der Waals surface area (Å²) in [5.74, 6) is 0.638. The maximum Gasteiger partial charge on any atom is 0.243 e. The van der Waals surface area contributed by atoms with Crippen LogP contribution in [0.2, 0.25) is 0 Å². The van der Waals surface area contributed by atoms with Crippen LogP contribution in [0.3, 0.4) is 0 Å². The fourth-order valence-corrected chi connectivity index (χ4v) is 4.76. The van der Waals surface area contributed by atoms with Crippen molar-refractivity contribution in [3.05, 3.63) is 75.9 Å². The van der Waals surface area contributed by atoms with Crippen LogP contribution in [0.1, 0.15) is 21.8 Å². The zero-order valence-electron chi connectivity index (χ0n) is 14.3. The number of furan rings is 1. The van der Waals surface area contributed by atoms with Crippen molar-refractivity contribution in [3.63, 3.8) is 0 Å². The summed E-state index contributed by atoms with van der Waals surface area (Å²) in [7, 11) is -3.59. The predicted molar refractivity (Wildman–Crippen MR) is 100 cm³/mol. The van der Waals surface area contributed by atoms with Gasteiger partial charge in [0.05, 0.1) is 17.7 Å². The number of sulfonamides is 1. The van der Waals surface area contributed by atoms with Crippen molar-refractivity contribution in [2.24, 2.45) is 0 Å². The Morgan fingerprint density at radius 3 is 2.56 bits per heavy atom. The van der Waals surface area contributed by atoms with Gasteiger partial charge < -0.3 is 4.42 Å². The van der Waals surface area contributed by atoms with E-state index in [1.165, 1.54) is 9.18 Å². The number of benzene rings is 1. The molecule has 0 aliphatic rings. The van der Waals surface area contributed by atoms with Gasteiger partial charge in [-0.15, -0.1) is 11.3 Å². The number of aryl methyl sites for hydroxylation is 2. The Balaban J connectivity index is 1.89. The summed E-state index contributed by atoms with van der Waals surface area (Å²) < 4.78 is 33.2. The second kappa shape index (κ2) is 7.56. The van der Waals surface area contributed by atoms with E-state index in [9.17, 15) is 8.42 Å². The van der Waals surface area contributed by atoms with E-state index in [0.29, 0.717) is 23.6 Å². The number of hydrogen-bond acceptors (Lipinski definition) is 4. The summed E-state index contributed by atoms with van der Waals surface area (Å²) in [6, 6.07) is 12.9. The highest BCUT2D eigenvalue weighted by Crippen LogP contribution is 2.22. The molecule has 0 aliphatic carbocycles. The molecule has 2 aromatic heterocycles. The Bertz CT molecular complexity index is 914.